The number of hydrogen-bond acceptors (Lipinski definition) is 2. The summed E-state index contributed by atoms with van der Waals surface area (Å²) in [6, 6.07) is 0. The lowest BCUT2D eigenvalue weighted by molar-refractivity contribution is -0.129. The van der Waals surface area contributed by atoms with Crippen LogP contribution in [0.2, 0.25) is 0 Å². The molecule has 0 aliphatic carbocycles. The predicted octanol–water partition coefficient (Wildman–Crippen LogP) is 0.0293. The number of halogens is 2. The summed E-state index contributed by atoms with van der Waals surface area (Å²) in [5.41, 5.74) is 0. The molecule has 5 heteroatoms. The molecule has 1 amide bonds. The first-order valence-electron chi connectivity index (χ1n) is 3.42. The molecule has 1 aliphatic rings. The minimum Gasteiger partial charge on any atom is -0.321 e. The smallest absolute Gasteiger partial charge is 0.255 e. The van der Waals surface area contributed by atoms with Crippen LogP contribution in [0.3, 0.4) is 0 Å². The van der Waals surface area contributed by atoms with Gasteiger partial charge in [0.2, 0.25) is 5.91 Å². The van der Waals surface area contributed by atoms with E-state index in [0.717, 1.165) is 4.90 Å². The maximum absolute atomic E-state index is 11.8. The van der Waals surface area contributed by atoms with E-state index in [1.165, 1.54) is 0 Å². The van der Waals surface area contributed by atoms with Crippen LogP contribution in [0.5, 0.6) is 0 Å². The van der Waals surface area contributed by atoms with E-state index in [4.69, 9.17) is 0 Å². The first kappa shape index (κ1) is 8.39. The third-order valence-corrected chi connectivity index (χ3v) is 1.67. The van der Waals surface area contributed by atoms with Crippen LogP contribution >= 0.6 is 0 Å². The molecule has 1 fully saturated rings. The van der Waals surface area contributed by atoms with Crippen LogP contribution in [0.15, 0.2) is 0 Å². The van der Waals surface area contributed by atoms with E-state index in [2.05, 4.69) is 5.32 Å². The molecule has 0 bridgehead atoms. The van der Waals surface area contributed by atoms with Crippen molar-refractivity contribution in [3.05, 3.63) is 0 Å². The summed E-state index contributed by atoms with van der Waals surface area (Å²) in [5.74, 6) is -0.252. The van der Waals surface area contributed by atoms with Gasteiger partial charge < -0.3 is 4.90 Å². The molecular formula is C6H10F2N2O. The Kier molecular flexibility index (Phi) is 2.38. The van der Waals surface area contributed by atoms with E-state index in [-0.39, 0.29) is 18.6 Å². The molecule has 3 nitrogen and oxygen atoms in total. The molecule has 64 valence electrons. The van der Waals surface area contributed by atoms with Gasteiger partial charge in [0.15, 0.2) is 0 Å². The SMILES string of the molecule is CC1NCC(=O)N1CC(F)F. The summed E-state index contributed by atoms with van der Waals surface area (Å²) >= 11 is 0. The van der Waals surface area contributed by atoms with E-state index in [9.17, 15) is 13.6 Å². The lowest BCUT2D eigenvalue weighted by Gasteiger charge is -2.19. The molecule has 1 aliphatic heterocycles. The van der Waals surface area contributed by atoms with E-state index in [1.54, 1.807) is 6.92 Å². The van der Waals surface area contributed by atoms with Gasteiger partial charge in [0.05, 0.1) is 19.3 Å². The van der Waals surface area contributed by atoms with Crippen molar-refractivity contribution >= 4 is 5.91 Å². The lowest BCUT2D eigenvalue weighted by Crippen LogP contribution is -2.38. The van der Waals surface area contributed by atoms with E-state index < -0.39 is 13.0 Å². The number of carbonyl (C=O) groups excluding carboxylic acids is 1. The summed E-state index contributed by atoms with van der Waals surface area (Å²) in [7, 11) is 0. The van der Waals surface area contributed by atoms with E-state index in [0.29, 0.717) is 0 Å². The Morgan fingerprint density at radius 3 is 2.82 bits per heavy atom. The highest BCUT2D eigenvalue weighted by Crippen LogP contribution is 2.06. The first-order chi connectivity index (χ1) is 5.11. The molecule has 0 saturated carbocycles. The molecule has 1 N–H and O–H groups in total. The Labute approximate surface area is 63.4 Å². The van der Waals surface area contributed by atoms with E-state index >= 15 is 0 Å². The minimum atomic E-state index is -2.44. The van der Waals surface area contributed by atoms with Crippen molar-refractivity contribution in [2.24, 2.45) is 0 Å². The van der Waals surface area contributed by atoms with Crippen molar-refractivity contribution in [1.29, 1.82) is 0 Å². The zero-order valence-corrected chi connectivity index (χ0v) is 6.18. The Bertz CT molecular complexity index is 163. The topological polar surface area (TPSA) is 32.3 Å². The van der Waals surface area contributed by atoms with Crippen molar-refractivity contribution in [2.45, 2.75) is 19.5 Å². The fourth-order valence-corrected chi connectivity index (χ4v) is 1.07. The molecule has 1 rings (SSSR count). The van der Waals surface area contributed by atoms with Crippen LogP contribution in [0, 0.1) is 0 Å². The molecule has 1 heterocycles. The number of nitrogens with zero attached hydrogens (tertiary/aromatic N) is 1. The quantitative estimate of drug-likeness (QED) is 0.624. The standard InChI is InChI=1S/C6H10F2N2O/c1-4-9-2-6(11)10(4)3-5(7)8/h4-5,9H,2-3H2,1H3. The number of carbonyl (C=O) groups is 1. The number of alkyl halides is 2. The molecule has 0 spiro atoms. The van der Waals surface area contributed by atoms with Gasteiger partial charge in [0, 0.05) is 0 Å². The number of nitrogens with one attached hydrogen (secondary N) is 1. The van der Waals surface area contributed by atoms with Crippen LogP contribution in [0.4, 0.5) is 8.78 Å². The number of rotatable bonds is 2. The molecule has 0 aromatic rings. The van der Waals surface area contributed by atoms with Gasteiger partial charge in [-0.05, 0) is 6.92 Å². The molecule has 1 unspecified atom stereocenters. The Morgan fingerprint density at radius 2 is 2.45 bits per heavy atom. The fraction of sp³-hybridized carbons (Fsp3) is 0.833. The summed E-state index contributed by atoms with van der Waals surface area (Å²) in [4.78, 5) is 12.0. The van der Waals surface area contributed by atoms with Gasteiger partial charge >= 0.3 is 0 Å². The maximum atomic E-state index is 11.8. The van der Waals surface area contributed by atoms with Gasteiger partial charge in [0.25, 0.3) is 6.43 Å². The summed E-state index contributed by atoms with van der Waals surface area (Å²) < 4.78 is 23.6. The van der Waals surface area contributed by atoms with Crippen LogP contribution in [-0.2, 0) is 4.79 Å². The molecule has 0 aromatic heterocycles. The molecule has 0 radical (unpaired) electrons. The van der Waals surface area contributed by atoms with E-state index in [1.807, 2.05) is 0 Å². The average molecular weight is 164 g/mol. The third kappa shape index (κ3) is 1.86. The zero-order valence-electron chi connectivity index (χ0n) is 6.18. The summed E-state index contributed by atoms with van der Waals surface area (Å²) in [5, 5.41) is 2.77. The third-order valence-electron chi connectivity index (χ3n) is 1.67. The Morgan fingerprint density at radius 1 is 1.82 bits per heavy atom. The number of amides is 1. The second-order valence-corrected chi connectivity index (χ2v) is 2.49. The van der Waals surface area contributed by atoms with Crippen molar-refractivity contribution < 1.29 is 13.6 Å². The molecular weight excluding hydrogens is 154 g/mol. The highest BCUT2D eigenvalue weighted by Gasteiger charge is 2.28. The molecule has 11 heavy (non-hydrogen) atoms. The Balaban J connectivity index is 2.48. The molecule has 1 saturated heterocycles. The second kappa shape index (κ2) is 3.13. The Hall–Kier alpha value is -0.710. The predicted molar refractivity (Wildman–Crippen MR) is 35.2 cm³/mol. The maximum Gasteiger partial charge on any atom is 0.255 e. The number of hydrogen-bond donors (Lipinski definition) is 1. The van der Waals surface area contributed by atoms with Gasteiger partial charge in [-0.25, -0.2) is 8.78 Å². The van der Waals surface area contributed by atoms with Crippen molar-refractivity contribution in [1.82, 2.24) is 10.2 Å². The molecule has 1 atom stereocenters. The van der Waals surface area contributed by atoms with Gasteiger partial charge in [0.1, 0.15) is 0 Å². The minimum absolute atomic E-state index is 0.174. The first-order valence-corrected chi connectivity index (χ1v) is 3.42. The van der Waals surface area contributed by atoms with Crippen molar-refractivity contribution in [2.75, 3.05) is 13.1 Å². The average Bonchev–Trinajstić information content (AvgIpc) is 2.18. The monoisotopic (exact) mass is 164 g/mol. The summed E-state index contributed by atoms with van der Waals surface area (Å²) in [6.45, 7) is 1.40. The fourth-order valence-electron chi connectivity index (χ4n) is 1.07. The van der Waals surface area contributed by atoms with Crippen LogP contribution in [-0.4, -0.2) is 36.5 Å². The van der Waals surface area contributed by atoms with Gasteiger partial charge in [-0.2, -0.15) is 0 Å². The van der Waals surface area contributed by atoms with Crippen LogP contribution < -0.4 is 5.32 Å². The second-order valence-electron chi connectivity index (χ2n) is 2.49. The highest BCUT2D eigenvalue weighted by molar-refractivity contribution is 5.80. The van der Waals surface area contributed by atoms with Gasteiger partial charge in [-0.1, -0.05) is 0 Å². The van der Waals surface area contributed by atoms with Gasteiger partial charge in [-0.3, -0.25) is 10.1 Å². The lowest BCUT2D eigenvalue weighted by atomic mass is 10.4. The van der Waals surface area contributed by atoms with Crippen molar-refractivity contribution in [3.8, 4) is 0 Å². The van der Waals surface area contributed by atoms with Crippen molar-refractivity contribution in [3.63, 3.8) is 0 Å². The van der Waals surface area contributed by atoms with Crippen LogP contribution in [0.1, 0.15) is 6.92 Å². The zero-order chi connectivity index (χ0) is 8.43. The normalized spacial score (nSPS) is 25.3. The van der Waals surface area contributed by atoms with Crippen LogP contribution in [0.25, 0.3) is 0 Å². The molecule has 0 aromatic carbocycles. The summed E-state index contributed by atoms with van der Waals surface area (Å²) in [6.07, 6.45) is -2.70. The van der Waals surface area contributed by atoms with Gasteiger partial charge in [-0.15, -0.1) is 0 Å². The largest absolute Gasteiger partial charge is 0.321 e. The highest BCUT2D eigenvalue weighted by atomic mass is 19.3.